The van der Waals surface area contributed by atoms with E-state index in [-0.39, 0.29) is 23.0 Å². The monoisotopic (exact) mass is 467 g/mol. The second kappa shape index (κ2) is 7.83. The summed E-state index contributed by atoms with van der Waals surface area (Å²) >= 11 is 2.65. The van der Waals surface area contributed by atoms with Gasteiger partial charge >= 0.3 is 0 Å². The first-order valence-corrected chi connectivity index (χ1v) is 12.0. The van der Waals surface area contributed by atoms with Crippen molar-refractivity contribution in [1.29, 1.82) is 0 Å². The average molecular weight is 468 g/mol. The number of rotatable bonds is 4. The summed E-state index contributed by atoms with van der Waals surface area (Å²) in [6.45, 7) is 3.95. The van der Waals surface area contributed by atoms with E-state index in [1.54, 1.807) is 26.1 Å². The van der Waals surface area contributed by atoms with E-state index in [4.69, 9.17) is 4.42 Å². The molecule has 9 heteroatoms. The Hall–Kier alpha value is -3.04. The first-order chi connectivity index (χ1) is 15.3. The van der Waals surface area contributed by atoms with Gasteiger partial charge in [0, 0.05) is 11.9 Å². The van der Waals surface area contributed by atoms with E-state index >= 15 is 0 Å². The lowest BCUT2D eigenvalue weighted by molar-refractivity contribution is 0.101. The van der Waals surface area contributed by atoms with Gasteiger partial charge in [0.2, 0.25) is 5.78 Å². The summed E-state index contributed by atoms with van der Waals surface area (Å²) in [5.41, 5.74) is 1.95. The van der Waals surface area contributed by atoms with Crippen molar-refractivity contribution in [3.8, 4) is 0 Å². The lowest BCUT2D eigenvalue weighted by Gasteiger charge is -2.18. The minimum absolute atomic E-state index is 0.183. The van der Waals surface area contributed by atoms with E-state index < -0.39 is 0 Å². The second-order valence-electron chi connectivity index (χ2n) is 8.21. The molecule has 0 spiro atoms. The molecule has 1 atom stereocenters. The third-order valence-corrected chi connectivity index (χ3v) is 8.30. The van der Waals surface area contributed by atoms with Gasteiger partial charge in [0.1, 0.15) is 9.83 Å². The number of carbonyl (C=O) groups excluding carboxylic acids is 2. The Bertz CT molecular complexity index is 1430. The number of aryl methyl sites for hydroxylation is 2. The van der Waals surface area contributed by atoms with Crippen LogP contribution in [0.4, 0.5) is 5.00 Å². The van der Waals surface area contributed by atoms with Crippen molar-refractivity contribution in [2.75, 3.05) is 5.32 Å². The molecule has 32 heavy (non-hydrogen) atoms. The molecule has 0 aromatic carbocycles. The zero-order valence-electron chi connectivity index (χ0n) is 17.9. The van der Waals surface area contributed by atoms with Crippen LogP contribution >= 0.6 is 22.7 Å². The number of anilines is 1. The van der Waals surface area contributed by atoms with Crippen LogP contribution in [0.25, 0.3) is 10.2 Å². The van der Waals surface area contributed by atoms with Gasteiger partial charge in [-0.3, -0.25) is 14.4 Å². The second-order valence-corrected chi connectivity index (χ2v) is 10.3. The molecular weight excluding hydrogens is 446 g/mol. The summed E-state index contributed by atoms with van der Waals surface area (Å²) in [7, 11) is 1.63. The van der Waals surface area contributed by atoms with Crippen LogP contribution in [0, 0.1) is 12.8 Å². The Labute approximate surface area is 191 Å². The SMILES string of the molecule is Cc1c(C(=O)Nc2sc3c(c2C(=O)c2ccco2)CCC(C)C3)sc2ncn(C)c(=O)c12. The number of nitrogens with zero attached hydrogens (tertiary/aromatic N) is 2. The summed E-state index contributed by atoms with van der Waals surface area (Å²) in [6, 6.07) is 3.32. The van der Waals surface area contributed by atoms with Crippen LogP contribution in [-0.4, -0.2) is 21.2 Å². The summed E-state index contributed by atoms with van der Waals surface area (Å²) < 4.78 is 6.76. The van der Waals surface area contributed by atoms with Gasteiger partial charge in [-0.15, -0.1) is 22.7 Å². The van der Waals surface area contributed by atoms with Crippen molar-refractivity contribution in [3.63, 3.8) is 0 Å². The molecule has 4 aromatic heterocycles. The lowest BCUT2D eigenvalue weighted by Crippen LogP contribution is -2.17. The number of hydrogen-bond donors (Lipinski definition) is 1. The molecule has 164 valence electrons. The number of hydrogen-bond acceptors (Lipinski definition) is 7. The predicted octanol–water partition coefficient (Wildman–Crippen LogP) is 4.57. The van der Waals surface area contributed by atoms with Crippen molar-refractivity contribution < 1.29 is 14.0 Å². The first kappa shape index (κ1) is 20.8. The molecule has 7 nitrogen and oxygen atoms in total. The fourth-order valence-corrected chi connectivity index (χ4v) is 6.63. The van der Waals surface area contributed by atoms with E-state index in [2.05, 4.69) is 17.2 Å². The maximum atomic E-state index is 13.3. The highest BCUT2D eigenvalue weighted by atomic mass is 32.1. The minimum atomic E-state index is -0.340. The highest BCUT2D eigenvalue weighted by Crippen LogP contribution is 2.41. The highest BCUT2D eigenvalue weighted by molar-refractivity contribution is 7.21. The van der Waals surface area contributed by atoms with Crippen molar-refractivity contribution in [2.45, 2.75) is 33.1 Å². The number of carbonyl (C=O) groups is 2. The largest absolute Gasteiger partial charge is 0.461 e. The smallest absolute Gasteiger partial charge is 0.266 e. The molecule has 0 saturated carbocycles. The molecule has 1 unspecified atom stereocenters. The van der Waals surface area contributed by atoms with Crippen LogP contribution in [-0.2, 0) is 19.9 Å². The number of furan rings is 1. The molecule has 0 bridgehead atoms. The Morgan fingerprint density at radius 3 is 2.88 bits per heavy atom. The highest BCUT2D eigenvalue weighted by Gasteiger charge is 2.30. The summed E-state index contributed by atoms with van der Waals surface area (Å²) in [5.74, 6) is 0.225. The molecule has 0 saturated heterocycles. The Balaban J connectivity index is 1.57. The molecule has 1 aliphatic carbocycles. The number of amides is 1. The minimum Gasteiger partial charge on any atom is -0.461 e. The molecule has 1 aliphatic rings. The van der Waals surface area contributed by atoms with Gasteiger partial charge in [0.15, 0.2) is 5.76 Å². The van der Waals surface area contributed by atoms with Crippen LogP contribution in [0.1, 0.15) is 55.1 Å². The van der Waals surface area contributed by atoms with Crippen molar-refractivity contribution in [3.05, 3.63) is 67.3 Å². The van der Waals surface area contributed by atoms with Gasteiger partial charge in [0.05, 0.1) is 28.4 Å². The number of aromatic nitrogens is 2. The zero-order chi connectivity index (χ0) is 22.6. The maximum Gasteiger partial charge on any atom is 0.266 e. The zero-order valence-corrected chi connectivity index (χ0v) is 19.5. The molecule has 5 rings (SSSR count). The Morgan fingerprint density at radius 2 is 2.12 bits per heavy atom. The molecule has 1 N–H and O–H groups in total. The average Bonchev–Trinajstić information content (AvgIpc) is 3.48. The van der Waals surface area contributed by atoms with Gasteiger partial charge in [-0.2, -0.15) is 0 Å². The van der Waals surface area contributed by atoms with Crippen LogP contribution in [0.3, 0.4) is 0 Å². The van der Waals surface area contributed by atoms with E-state index in [0.717, 1.165) is 29.7 Å². The topological polar surface area (TPSA) is 94.2 Å². The van der Waals surface area contributed by atoms with Crippen LogP contribution in [0.2, 0.25) is 0 Å². The van der Waals surface area contributed by atoms with E-state index in [1.807, 2.05) is 0 Å². The normalized spacial score (nSPS) is 15.7. The third-order valence-electron chi connectivity index (χ3n) is 5.93. The van der Waals surface area contributed by atoms with Crippen LogP contribution < -0.4 is 10.9 Å². The Morgan fingerprint density at radius 1 is 1.31 bits per heavy atom. The number of nitrogens with one attached hydrogen (secondary N) is 1. The van der Waals surface area contributed by atoms with Gasteiger partial charge in [-0.05, 0) is 55.4 Å². The molecule has 0 fully saturated rings. The summed E-state index contributed by atoms with van der Waals surface area (Å²) in [6.07, 6.45) is 5.61. The molecule has 4 heterocycles. The predicted molar refractivity (Wildman–Crippen MR) is 125 cm³/mol. The van der Waals surface area contributed by atoms with E-state index in [1.165, 1.54) is 39.8 Å². The van der Waals surface area contributed by atoms with E-state index in [0.29, 0.717) is 37.1 Å². The quantitative estimate of drug-likeness (QED) is 0.444. The molecule has 1 amide bonds. The van der Waals surface area contributed by atoms with Crippen LogP contribution in [0.5, 0.6) is 0 Å². The molecule has 0 radical (unpaired) electrons. The van der Waals surface area contributed by atoms with E-state index in [9.17, 15) is 14.4 Å². The van der Waals surface area contributed by atoms with Gasteiger partial charge < -0.3 is 14.3 Å². The summed E-state index contributed by atoms with van der Waals surface area (Å²) in [4.78, 5) is 45.4. The van der Waals surface area contributed by atoms with Crippen molar-refractivity contribution >= 4 is 49.6 Å². The molecular formula is C23H21N3O4S2. The molecule has 0 aliphatic heterocycles. The third kappa shape index (κ3) is 3.32. The molecule has 4 aromatic rings. The van der Waals surface area contributed by atoms with Gasteiger partial charge in [-0.1, -0.05) is 6.92 Å². The van der Waals surface area contributed by atoms with Crippen molar-refractivity contribution in [1.82, 2.24) is 9.55 Å². The van der Waals surface area contributed by atoms with Crippen molar-refractivity contribution in [2.24, 2.45) is 13.0 Å². The fraction of sp³-hybridized carbons (Fsp3) is 0.304. The maximum absolute atomic E-state index is 13.3. The lowest BCUT2D eigenvalue weighted by atomic mass is 9.87. The standard InChI is InChI=1S/C23H21N3O4S2/c1-11-6-7-13-15(9-11)31-22(17(13)18(27)14-5-4-8-30-14)25-20(28)19-12(2)16-21(32-19)24-10-26(3)23(16)29/h4-5,8,10-11H,6-7,9H2,1-3H3,(H,25,28). The Kier molecular flexibility index (Phi) is 5.10. The van der Waals surface area contributed by atoms with Gasteiger partial charge in [0.25, 0.3) is 11.5 Å². The number of thiophene rings is 2. The first-order valence-electron chi connectivity index (χ1n) is 10.3. The summed E-state index contributed by atoms with van der Waals surface area (Å²) in [5, 5.41) is 3.96. The van der Waals surface area contributed by atoms with Gasteiger partial charge in [-0.25, -0.2) is 4.98 Å². The fourth-order valence-electron chi connectivity index (χ4n) is 4.20. The number of ketones is 1. The number of fused-ring (bicyclic) bond motifs is 2. The van der Waals surface area contributed by atoms with Crippen LogP contribution in [0.15, 0.2) is 33.9 Å².